The molecule has 1 heterocycles. The van der Waals surface area contributed by atoms with Crippen LogP contribution in [0.2, 0.25) is 0 Å². The van der Waals surface area contributed by atoms with Crippen molar-refractivity contribution in [3.05, 3.63) is 53.8 Å². The van der Waals surface area contributed by atoms with Gasteiger partial charge in [-0.25, -0.2) is 0 Å². The molecular formula is C15H12N2OS. The smallest absolute Gasteiger partial charge is 0.234 e. The summed E-state index contributed by atoms with van der Waals surface area (Å²) in [7, 11) is 0. The zero-order valence-corrected chi connectivity index (χ0v) is 11.0. The predicted octanol–water partition coefficient (Wildman–Crippen LogP) is 2.81. The topological polar surface area (TPSA) is 32.3 Å². The van der Waals surface area contributed by atoms with E-state index >= 15 is 0 Å². The molecule has 1 aliphatic heterocycles. The summed E-state index contributed by atoms with van der Waals surface area (Å²) >= 11 is 5.18. The Balaban J connectivity index is 1.98. The summed E-state index contributed by atoms with van der Waals surface area (Å²) in [6.07, 6.45) is 5.96. The molecule has 2 aliphatic rings. The van der Waals surface area contributed by atoms with Crippen molar-refractivity contribution in [2.45, 2.75) is 6.42 Å². The van der Waals surface area contributed by atoms with Crippen LogP contribution in [0.3, 0.4) is 0 Å². The van der Waals surface area contributed by atoms with E-state index < -0.39 is 0 Å². The van der Waals surface area contributed by atoms with Crippen LogP contribution < -0.4 is 10.2 Å². The number of rotatable bonds is 2. The van der Waals surface area contributed by atoms with Crippen LogP contribution in [0.4, 0.5) is 11.4 Å². The Hall–Kier alpha value is -2.16. The number of fused-ring (bicyclic) bond motifs is 1. The number of carbonyl (C=O) groups is 1. The SMILES string of the molecule is O=C1CC(=S)Nc2ccccc2N1CC1=CC=C=C1. The predicted molar refractivity (Wildman–Crippen MR) is 80.4 cm³/mol. The molecule has 0 radical (unpaired) electrons. The molecule has 0 fully saturated rings. The van der Waals surface area contributed by atoms with E-state index in [-0.39, 0.29) is 12.3 Å². The van der Waals surface area contributed by atoms with Gasteiger partial charge in [0.15, 0.2) is 0 Å². The average molecular weight is 268 g/mol. The number of nitrogens with zero attached hydrogens (tertiary/aromatic N) is 1. The number of carbonyl (C=O) groups excluding carboxylic acids is 1. The van der Waals surface area contributed by atoms with Gasteiger partial charge in [-0.15, -0.1) is 5.73 Å². The van der Waals surface area contributed by atoms with Gasteiger partial charge in [0, 0.05) is 0 Å². The van der Waals surface area contributed by atoms with Crippen molar-refractivity contribution in [2.24, 2.45) is 0 Å². The summed E-state index contributed by atoms with van der Waals surface area (Å²) in [6.45, 7) is 0.545. The maximum atomic E-state index is 12.3. The maximum Gasteiger partial charge on any atom is 0.234 e. The fourth-order valence-corrected chi connectivity index (χ4v) is 2.42. The Morgan fingerprint density at radius 1 is 1.37 bits per heavy atom. The summed E-state index contributed by atoms with van der Waals surface area (Å²) < 4.78 is 0. The van der Waals surface area contributed by atoms with Gasteiger partial charge in [-0.1, -0.05) is 24.4 Å². The van der Waals surface area contributed by atoms with E-state index in [0.29, 0.717) is 11.5 Å². The van der Waals surface area contributed by atoms with Gasteiger partial charge < -0.3 is 10.2 Å². The molecule has 0 atom stereocenters. The lowest BCUT2D eigenvalue weighted by Crippen LogP contribution is -2.32. The second-order valence-corrected chi connectivity index (χ2v) is 4.93. The minimum Gasteiger partial charge on any atom is -0.348 e. The van der Waals surface area contributed by atoms with Gasteiger partial charge in [-0.05, 0) is 35.9 Å². The number of hydrogen-bond donors (Lipinski definition) is 1. The molecule has 19 heavy (non-hydrogen) atoms. The van der Waals surface area contributed by atoms with Crippen LogP contribution >= 0.6 is 12.2 Å². The van der Waals surface area contributed by atoms with Crippen LogP contribution in [0.5, 0.6) is 0 Å². The molecule has 0 unspecified atom stereocenters. The summed E-state index contributed by atoms with van der Waals surface area (Å²) in [6, 6.07) is 7.72. The van der Waals surface area contributed by atoms with Crippen LogP contribution in [0.15, 0.2) is 53.8 Å². The fraction of sp³-hybridized carbons (Fsp3) is 0.133. The quantitative estimate of drug-likeness (QED) is 0.661. The van der Waals surface area contributed by atoms with E-state index in [1.807, 2.05) is 42.5 Å². The van der Waals surface area contributed by atoms with E-state index in [4.69, 9.17) is 12.2 Å². The van der Waals surface area contributed by atoms with E-state index in [9.17, 15) is 4.79 Å². The Labute approximate surface area is 116 Å². The van der Waals surface area contributed by atoms with Gasteiger partial charge in [-0.3, -0.25) is 4.79 Å². The second-order valence-electron chi connectivity index (χ2n) is 4.44. The first-order valence-corrected chi connectivity index (χ1v) is 6.46. The molecule has 4 heteroatoms. The molecule has 0 aromatic heterocycles. The molecule has 1 aliphatic carbocycles. The van der Waals surface area contributed by atoms with Crippen LogP contribution in [0.25, 0.3) is 0 Å². The first-order valence-electron chi connectivity index (χ1n) is 6.05. The maximum absolute atomic E-state index is 12.3. The van der Waals surface area contributed by atoms with Crippen molar-refractivity contribution in [3.8, 4) is 0 Å². The molecule has 0 saturated carbocycles. The Morgan fingerprint density at radius 2 is 2.21 bits per heavy atom. The monoisotopic (exact) mass is 268 g/mol. The molecule has 3 nitrogen and oxygen atoms in total. The molecule has 1 N–H and O–H groups in total. The zero-order valence-electron chi connectivity index (χ0n) is 10.2. The van der Waals surface area contributed by atoms with Gasteiger partial charge in [0.2, 0.25) is 5.91 Å². The standard InChI is InChI=1S/C15H12N2OS/c18-15-9-14(19)16-12-7-3-4-8-13(12)17(15)10-11-5-1-2-6-11/h1,3-8H,9-10H2,(H,16,19). The summed E-state index contributed by atoms with van der Waals surface area (Å²) in [5.74, 6) is 0.0173. The van der Waals surface area contributed by atoms with Crippen molar-refractivity contribution >= 4 is 34.5 Å². The fourth-order valence-electron chi connectivity index (χ4n) is 2.19. The first-order chi connectivity index (χ1) is 9.24. The van der Waals surface area contributed by atoms with E-state index in [2.05, 4.69) is 11.0 Å². The Kier molecular flexibility index (Phi) is 3.03. The minimum absolute atomic E-state index is 0.0173. The second kappa shape index (κ2) is 4.84. The third-order valence-corrected chi connectivity index (χ3v) is 3.33. The molecule has 0 bridgehead atoms. The minimum atomic E-state index is 0.0173. The number of thiocarbonyl (C=S) groups is 1. The zero-order chi connectivity index (χ0) is 13.2. The van der Waals surface area contributed by atoms with Crippen LogP contribution in [0.1, 0.15) is 6.42 Å². The van der Waals surface area contributed by atoms with Crippen molar-refractivity contribution in [3.63, 3.8) is 0 Å². The number of anilines is 2. The van der Waals surface area contributed by atoms with E-state index in [1.54, 1.807) is 4.90 Å². The number of allylic oxidation sites excluding steroid dienone is 1. The van der Waals surface area contributed by atoms with Gasteiger partial charge in [-0.2, -0.15) is 0 Å². The normalized spacial score (nSPS) is 17.1. The number of nitrogens with one attached hydrogen (secondary N) is 1. The number of hydrogen-bond acceptors (Lipinski definition) is 2. The molecule has 3 rings (SSSR count). The van der Waals surface area contributed by atoms with Crippen molar-refractivity contribution in [1.82, 2.24) is 0 Å². The Morgan fingerprint density at radius 3 is 3.00 bits per heavy atom. The summed E-state index contributed by atoms with van der Waals surface area (Å²) in [5, 5.41) is 3.12. The lowest BCUT2D eigenvalue weighted by Gasteiger charge is -2.22. The largest absolute Gasteiger partial charge is 0.348 e. The third kappa shape index (κ3) is 2.36. The van der Waals surface area contributed by atoms with Gasteiger partial charge in [0.25, 0.3) is 0 Å². The lowest BCUT2D eigenvalue weighted by atomic mass is 10.2. The van der Waals surface area contributed by atoms with Crippen molar-refractivity contribution in [1.29, 1.82) is 0 Å². The molecule has 1 aromatic carbocycles. The first kappa shape index (κ1) is 11.9. The molecule has 0 saturated heterocycles. The summed E-state index contributed by atoms with van der Waals surface area (Å²) in [4.78, 5) is 14.6. The molecular weight excluding hydrogens is 256 g/mol. The third-order valence-electron chi connectivity index (χ3n) is 3.08. The number of para-hydroxylation sites is 2. The van der Waals surface area contributed by atoms with Gasteiger partial charge in [0.1, 0.15) is 0 Å². The highest BCUT2D eigenvalue weighted by Gasteiger charge is 2.24. The molecule has 1 aromatic rings. The van der Waals surface area contributed by atoms with E-state index in [0.717, 1.165) is 16.9 Å². The highest BCUT2D eigenvalue weighted by Crippen LogP contribution is 2.30. The molecule has 94 valence electrons. The number of benzene rings is 1. The highest BCUT2D eigenvalue weighted by molar-refractivity contribution is 7.80. The van der Waals surface area contributed by atoms with Crippen LogP contribution in [-0.2, 0) is 4.79 Å². The lowest BCUT2D eigenvalue weighted by molar-refractivity contribution is -0.117. The number of amides is 1. The Bertz CT molecular complexity index is 654. The van der Waals surface area contributed by atoms with Crippen LogP contribution in [-0.4, -0.2) is 17.4 Å². The van der Waals surface area contributed by atoms with Gasteiger partial charge in [0.05, 0.1) is 29.3 Å². The summed E-state index contributed by atoms with van der Waals surface area (Å²) in [5.41, 5.74) is 5.82. The average Bonchev–Trinajstić information content (AvgIpc) is 2.85. The molecule has 1 amide bonds. The molecule has 0 spiro atoms. The van der Waals surface area contributed by atoms with Crippen molar-refractivity contribution < 1.29 is 4.79 Å². The van der Waals surface area contributed by atoms with Crippen molar-refractivity contribution in [2.75, 3.05) is 16.8 Å². The van der Waals surface area contributed by atoms with E-state index in [1.165, 1.54) is 0 Å². The highest BCUT2D eigenvalue weighted by atomic mass is 32.1. The van der Waals surface area contributed by atoms with Crippen LogP contribution in [0, 0.1) is 0 Å². The van der Waals surface area contributed by atoms with Gasteiger partial charge >= 0.3 is 0 Å².